The van der Waals surface area contributed by atoms with Gasteiger partial charge in [0.2, 0.25) is 5.28 Å². The highest BCUT2D eigenvalue weighted by Crippen LogP contribution is 2.29. The lowest BCUT2D eigenvalue weighted by Crippen LogP contribution is -2.12. The molecule has 2 aromatic heterocycles. The van der Waals surface area contributed by atoms with Crippen molar-refractivity contribution >= 4 is 17.4 Å². The van der Waals surface area contributed by atoms with E-state index in [9.17, 15) is 13.2 Å². The number of hydrogen-bond acceptors (Lipinski definition) is 4. The molecule has 21 heavy (non-hydrogen) atoms. The molecular formula is C12H13ClF3N5. The van der Waals surface area contributed by atoms with E-state index in [4.69, 9.17) is 11.6 Å². The van der Waals surface area contributed by atoms with Crippen LogP contribution in [0.15, 0.2) is 12.3 Å². The molecule has 0 bridgehead atoms. The van der Waals surface area contributed by atoms with Crippen LogP contribution in [0.5, 0.6) is 0 Å². The molecule has 9 heteroatoms. The standard InChI is InChI=1S/C12H13ClF3N5/c1-7-8(6-18-21-7)3-2-4-17-10-5-9(12(14,15)16)19-11(13)20-10/h5-6H,2-4H2,1H3,(H,18,21)(H,17,19,20). The molecule has 0 saturated carbocycles. The molecule has 5 nitrogen and oxygen atoms in total. The molecule has 0 amide bonds. The Morgan fingerprint density at radius 1 is 1.33 bits per heavy atom. The maximum atomic E-state index is 12.6. The molecule has 0 fully saturated rings. The number of halogens is 4. The first kappa shape index (κ1) is 15.6. The zero-order valence-corrected chi connectivity index (χ0v) is 11.9. The predicted octanol–water partition coefficient (Wildman–Crippen LogP) is 3.23. The van der Waals surface area contributed by atoms with Gasteiger partial charge in [-0.15, -0.1) is 0 Å². The van der Waals surface area contributed by atoms with E-state index in [0.29, 0.717) is 6.54 Å². The van der Waals surface area contributed by atoms with E-state index in [1.807, 2.05) is 6.92 Å². The third kappa shape index (κ3) is 4.32. The van der Waals surface area contributed by atoms with Gasteiger partial charge in [-0.1, -0.05) is 0 Å². The topological polar surface area (TPSA) is 66.5 Å². The molecule has 114 valence electrons. The van der Waals surface area contributed by atoms with Crippen molar-refractivity contribution in [3.63, 3.8) is 0 Å². The van der Waals surface area contributed by atoms with Crippen LogP contribution < -0.4 is 5.32 Å². The second-order valence-electron chi connectivity index (χ2n) is 4.46. The van der Waals surface area contributed by atoms with Crippen molar-refractivity contribution in [1.82, 2.24) is 20.2 Å². The first-order valence-corrected chi connectivity index (χ1v) is 6.58. The summed E-state index contributed by atoms with van der Waals surface area (Å²) in [4.78, 5) is 6.89. The minimum atomic E-state index is -4.54. The van der Waals surface area contributed by atoms with Crippen LogP contribution in [-0.2, 0) is 12.6 Å². The summed E-state index contributed by atoms with van der Waals surface area (Å²) < 4.78 is 37.7. The number of nitrogens with one attached hydrogen (secondary N) is 2. The number of alkyl halides is 3. The van der Waals surface area contributed by atoms with Crippen molar-refractivity contribution in [2.45, 2.75) is 25.9 Å². The van der Waals surface area contributed by atoms with E-state index in [-0.39, 0.29) is 5.82 Å². The smallest absolute Gasteiger partial charge is 0.370 e. The van der Waals surface area contributed by atoms with Crippen LogP contribution in [0.1, 0.15) is 23.4 Å². The van der Waals surface area contributed by atoms with Gasteiger partial charge in [-0.05, 0) is 36.9 Å². The summed E-state index contributed by atoms with van der Waals surface area (Å²) in [6.45, 7) is 2.38. The van der Waals surface area contributed by atoms with Crippen LogP contribution in [-0.4, -0.2) is 26.7 Å². The molecule has 0 atom stereocenters. The molecule has 0 spiro atoms. The van der Waals surface area contributed by atoms with Crippen molar-refractivity contribution in [2.24, 2.45) is 0 Å². The highest BCUT2D eigenvalue weighted by molar-refractivity contribution is 6.28. The maximum absolute atomic E-state index is 12.6. The molecular weight excluding hydrogens is 307 g/mol. The number of anilines is 1. The van der Waals surface area contributed by atoms with E-state index < -0.39 is 17.2 Å². The first-order chi connectivity index (χ1) is 9.86. The fraction of sp³-hybridized carbons (Fsp3) is 0.417. The van der Waals surface area contributed by atoms with Gasteiger partial charge < -0.3 is 5.32 Å². The average Bonchev–Trinajstić information content (AvgIpc) is 2.79. The fourth-order valence-electron chi connectivity index (χ4n) is 1.78. The zero-order chi connectivity index (χ0) is 15.5. The van der Waals surface area contributed by atoms with E-state index in [1.54, 1.807) is 6.20 Å². The summed E-state index contributed by atoms with van der Waals surface area (Å²) in [5, 5.41) is 9.11. The molecule has 0 aliphatic rings. The number of rotatable bonds is 5. The number of nitrogens with zero attached hydrogens (tertiary/aromatic N) is 3. The molecule has 0 radical (unpaired) electrons. The molecule has 2 heterocycles. The third-order valence-electron chi connectivity index (χ3n) is 2.85. The van der Waals surface area contributed by atoms with Crippen molar-refractivity contribution in [1.29, 1.82) is 0 Å². The average molecular weight is 320 g/mol. The van der Waals surface area contributed by atoms with Gasteiger partial charge in [-0.2, -0.15) is 18.3 Å². The van der Waals surface area contributed by atoms with Gasteiger partial charge in [-0.25, -0.2) is 9.97 Å². The SMILES string of the molecule is Cc1[nH]ncc1CCCNc1cc(C(F)(F)F)nc(Cl)n1. The molecule has 2 N–H and O–H groups in total. The minimum Gasteiger partial charge on any atom is -0.370 e. The monoisotopic (exact) mass is 319 g/mol. The van der Waals surface area contributed by atoms with Gasteiger partial charge >= 0.3 is 6.18 Å². The number of hydrogen-bond donors (Lipinski definition) is 2. The Balaban J connectivity index is 1.91. The lowest BCUT2D eigenvalue weighted by molar-refractivity contribution is -0.141. The normalized spacial score (nSPS) is 11.7. The second kappa shape index (κ2) is 6.30. The van der Waals surface area contributed by atoms with Gasteiger partial charge in [0.05, 0.1) is 6.20 Å². The minimum absolute atomic E-state index is 0.0613. The molecule has 2 aromatic rings. The number of aryl methyl sites for hydroxylation is 2. The largest absolute Gasteiger partial charge is 0.433 e. The van der Waals surface area contributed by atoms with Gasteiger partial charge in [0, 0.05) is 18.3 Å². The Bertz CT molecular complexity index is 611. The van der Waals surface area contributed by atoms with Crippen LogP contribution in [0.25, 0.3) is 0 Å². The molecule has 0 aromatic carbocycles. The quantitative estimate of drug-likeness (QED) is 0.656. The summed E-state index contributed by atoms with van der Waals surface area (Å²) >= 11 is 5.50. The molecule has 0 aliphatic heterocycles. The predicted molar refractivity (Wildman–Crippen MR) is 72.2 cm³/mol. The van der Waals surface area contributed by atoms with Gasteiger partial charge in [0.25, 0.3) is 0 Å². The number of aromatic nitrogens is 4. The second-order valence-corrected chi connectivity index (χ2v) is 4.79. The third-order valence-corrected chi connectivity index (χ3v) is 3.02. The number of aromatic amines is 1. The van der Waals surface area contributed by atoms with Crippen LogP contribution in [0.2, 0.25) is 5.28 Å². The van der Waals surface area contributed by atoms with Gasteiger partial charge in [0.1, 0.15) is 5.82 Å². The van der Waals surface area contributed by atoms with Gasteiger partial charge in [0.15, 0.2) is 5.69 Å². The van der Waals surface area contributed by atoms with Crippen molar-refractivity contribution in [3.05, 3.63) is 34.5 Å². The van der Waals surface area contributed by atoms with Crippen molar-refractivity contribution in [3.8, 4) is 0 Å². The highest BCUT2D eigenvalue weighted by Gasteiger charge is 2.33. The summed E-state index contributed by atoms with van der Waals surface area (Å²) in [6.07, 6.45) is -1.32. The summed E-state index contributed by atoms with van der Waals surface area (Å²) in [5.74, 6) is 0.0613. The van der Waals surface area contributed by atoms with E-state index in [0.717, 1.165) is 30.2 Å². The van der Waals surface area contributed by atoms with Crippen molar-refractivity contribution < 1.29 is 13.2 Å². The maximum Gasteiger partial charge on any atom is 0.433 e. The Morgan fingerprint density at radius 3 is 2.71 bits per heavy atom. The summed E-state index contributed by atoms with van der Waals surface area (Å²) in [6, 6.07) is 0.842. The molecule has 0 aliphatic carbocycles. The first-order valence-electron chi connectivity index (χ1n) is 6.21. The molecule has 0 unspecified atom stereocenters. The Kier molecular flexibility index (Phi) is 4.66. The van der Waals surface area contributed by atoms with Crippen LogP contribution >= 0.6 is 11.6 Å². The molecule has 2 rings (SSSR count). The summed E-state index contributed by atoms with van der Waals surface area (Å²) in [7, 11) is 0. The van der Waals surface area contributed by atoms with Gasteiger partial charge in [-0.3, -0.25) is 5.10 Å². The lowest BCUT2D eigenvalue weighted by Gasteiger charge is -2.09. The van der Waals surface area contributed by atoms with Crippen LogP contribution in [0.3, 0.4) is 0 Å². The zero-order valence-electron chi connectivity index (χ0n) is 11.1. The highest BCUT2D eigenvalue weighted by atomic mass is 35.5. The van der Waals surface area contributed by atoms with Crippen LogP contribution in [0.4, 0.5) is 19.0 Å². The van der Waals surface area contributed by atoms with Crippen LogP contribution in [0, 0.1) is 6.92 Å². The van der Waals surface area contributed by atoms with Crippen molar-refractivity contribution in [2.75, 3.05) is 11.9 Å². The van der Waals surface area contributed by atoms with E-state index in [1.165, 1.54) is 0 Å². The Morgan fingerprint density at radius 2 is 2.10 bits per heavy atom. The fourth-order valence-corrected chi connectivity index (χ4v) is 1.96. The van der Waals surface area contributed by atoms with E-state index in [2.05, 4.69) is 25.5 Å². The Labute approximate surface area is 123 Å². The Hall–Kier alpha value is -1.83. The number of H-pyrrole nitrogens is 1. The lowest BCUT2D eigenvalue weighted by atomic mass is 10.1. The summed E-state index contributed by atoms with van der Waals surface area (Å²) in [5.41, 5.74) is 1.00. The van der Waals surface area contributed by atoms with E-state index >= 15 is 0 Å². The molecule has 0 saturated heterocycles.